The number of carbonyl (C=O) groups is 1. The van der Waals surface area contributed by atoms with Gasteiger partial charge in [-0.1, -0.05) is 53.0 Å². The second-order valence-corrected chi connectivity index (χ2v) is 8.59. The minimum Gasteiger partial charge on any atom is -0.445 e. The summed E-state index contributed by atoms with van der Waals surface area (Å²) in [7, 11) is 0. The lowest BCUT2D eigenvalue weighted by Gasteiger charge is -2.38. The minimum absolute atomic E-state index is 0.0458. The average molecular weight is 386 g/mol. The standard InChI is InChI=1S/C17H15Cl3N2O2/c18-17(19,20)9-24-16(23)22-6-2-4-11-12-3-1-5-13-15(12)10(8-21-13)7-14(11)22/h1,3-5,8,14,21H,2,6-7,9H2/t14-/m1/s1. The molecule has 126 valence electrons. The van der Waals surface area contributed by atoms with Gasteiger partial charge in [-0.25, -0.2) is 4.79 Å². The van der Waals surface area contributed by atoms with E-state index in [4.69, 9.17) is 39.5 Å². The van der Waals surface area contributed by atoms with E-state index in [0.717, 1.165) is 18.4 Å². The molecule has 1 aromatic heterocycles. The van der Waals surface area contributed by atoms with Gasteiger partial charge in [0, 0.05) is 23.6 Å². The quantitative estimate of drug-likeness (QED) is 0.724. The largest absolute Gasteiger partial charge is 0.445 e. The van der Waals surface area contributed by atoms with Crippen LogP contribution in [-0.2, 0) is 11.2 Å². The van der Waals surface area contributed by atoms with E-state index in [1.54, 1.807) is 4.90 Å². The van der Waals surface area contributed by atoms with Crippen LogP contribution in [0.15, 0.2) is 30.5 Å². The van der Waals surface area contributed by atoms with E-state index < -0.39 is 9.89 Å². The molecule has 0 saturated heterocycles. The number of alkyl halides is 3. The van der Waals surface area contributed by atoms with Gasteiger partial charge in [-0.2, -0.15) is 0 Å². The van der Waals surface area contributed by atoms with Crippen molar-refractivity contribution in [2.24, 2.45) is 0 Å². The summed E-state index contributed by atoms with van der Waals surface area (Å²) < 4.78 is 3.59. The van der Waals surface area contributed by atoms with E-state index in [2.05, 4.69) is 23.2 Å². The van der Waals surface area contributed by atoms with Crippen LogP contribution < -0.4 is 0 Å². The van der Waals surface area contributed by atoms with Crippen LogP contribution in [0.3, 0.4) is 0 Å². The van der Waals surface area contributed by atoms with Crippen LogP contribution in [0.2, 0.25) is 0 Å². The first-order valence-electron chi connectivity index (χ1n) is 7.73. The predicted octanol–water partition coefficient (Wildman–Crippen LogP) is 4.69. The number of hydrogen-bond acceptors (Lipinski definition) is 2. The molecule has 0 radical (unpaired) electrons. The SMILES string of the molecule is O=C(OCC(Cl)(Cl)Cl)N1CCC=C2c3cccc4[nH]cc(c34)C[C@H]21. The Balaban J connectivity index is 1.65. The second-order valence-electron chi connectivity index (χ2n) is 6.07. The van der Waals surface area contributed by atoms with Crippen molar-refractivity contribution in [3.05, 3.63) is 41.6 Å². The van der Waals surface area contributed by atoms with Crippen molar-refractivity contribution in [2.75, 3.05) is 13.2 Å². The zero-order chi connectivity index (χ0) is 16.9. The van der Waals surface area contributed by atoms with Gasteiger partial charge in [-0.05, 0) is 35.6 Å². The van der Waals surface area contributed by atoms with Crippen LogP contribution in [0.4, 0.5) is 4.79 Å². The van der Waals surface area contributed by atoms with Crippen LogP contribution in [0.1, 0.15) is 17.5 Å². The van der Waals surface area contributed by atoms with Crippen LogP contribution in [-0.4, -0.2) is 39.0 Å². The maximum absolute atomic E-state index is 12.5. The number of halogens is 3. The fourth-order valence-electron chi connectivity index (χ4n) is 3.64. The number of aromatic nitrogens is 1. The van der Waals surface area contributed by atoms with Gasteiger partial charge >= 0.3 is 6.09 Å². The summed E-state index contributed by atoms with van der Waals surface area (Å²) >= 11 is 17.0. The second kappa shape index (κ2) is 5.87. The molecule has 4 rings (SSSR count). The van der Waals surface area contributed by atoms with Crippen LogP contribution in [0, 0.1) is 0 Å². The van der Waals surface area contributed by atoms with Gasteiger partial charge < -0.3 is 14.6 Å². The fourth-order valence-corrected chi connectivity index (χ4v) is 3.80. The first kappa shape index (κ1) is 16.1. The lowest BCUT2D eigenvalue weighted by atomic mass is 9.82. The van der Waals surface area contributed by atoms with Gasteiger partial charge in [0.05, 0.1) is 6.04 Å². The number of aromatic amines is 1. The molecule has 0 bridgehead atoms. The Kier molecular flexibility index (Phi) is 3.94. The normalized spacial score (nSPS) is 19.9. The summed E-state index contributed by atoms with van der Waals surface area (Å²) in [6.45, 7) is 0.340. The third-order valence-electron chi connectivity index (χ3n) is 4.58. The maximum Gasteiger partial charge on any atom is 0.410 e. The van der Waals surface area contributed by atoms with Crippen molar-refractivity contribution in [3.63, 3.8) is 0 Å². The average Bonchev–Trinajstić information content (AvgIpc) is 2.96. The lowest BCUT2D eigenvalue weighted by Crippen LogP contribution is -2.46. The van der Waals surface area contributed by atoms with Gasteiger partial charge in [0.15, 0.2) is 0 Å². The van der Waals surface area contributed by atoms with Crippen molar-refractivity contribution in [1.82, 2.24) is 9.88 Å². The molecule has 0 fully saturated rings. The number of nitrogens with zero attached hydrogens (tertiary/aromatic N) is 1. The highest BCUT2D eigenvalue weighted by molar-refractivity contribution is 6.67. The molecule has 2 aliphatic rings. The van der Waals surface area contributed by atoms with Gasteiger partial charge in [0.25, 0.3) is 0 Å². The Bertz CT molecular complexity index is 838. The molecule has 1 atom stereocenters. The molecular formula is C17H15Cl3N2O2. The van der Waals surface area contributed by atoms with E-state index in [9.17, 15) is 4.79 Å². The molecular weight excluding hydrogens is 371 g/mol. The molecule has 4 nitrogen and oxygen atoms in total. The van der Waals surface area contributed by atoms with E-state index in [-0.39, 0.29) is 12.6 Å². The summed E-state index contributed by atoms with van der Waals surface area (Å²) in [4.78, 5) is 17.5. The molecule has 1 aliphatic carbocycles. The van der Waals surface area contributed by atoms with E-state index >= 15 is 0 Å². The van der Waals surface area contributed by atoms with Crippen molar-refractivity contribution in [1.29, 1.82) is 0 Å². The van der Waals surface area contributed by atoms with Crippen LogP contribution in [0.5, 0.6) is 0 Å². The maximum atomic E-state index is 12.5. The zero-order valence-electron chi connectivity index (χ0n) is 12.7. The van der Waals surface area contributed by atoms with Crippen LogP contribution in [0.25, 0.3) is 16.5 Å². The van der Waals surface area contributed by atoms with Crippen LogP contribution >= 0.6 is 34.8 Å². The van der Waals surface area contributed by atoms with Gasteiger partial charge in [-0.3, -0.25) is 0 Å². The Morgan fingerprint density at radius 1 is 1.38 bits per heavy atom. The first-order valence-corrected chi connectivity index (χ1v) is 8.87. The van der Waals surface area contributed by atoms with E-state index in [1.807, 2.05) is 12.3 Å². The third kappa shape index (κ3) is 2.77. The molecule has 1 N–H and O–H groups in total. The van der Waals surface area contributed by atoms with Crippen molar-refractivity contribution in [2.45, 2.75) is 22.7 Å². The third-order valence-corrected chi connectivity index (χ3v) is 4.90. The Hall–Kier alpha value is -1.36. The summed E-state index contributed by atoms with van der Waals surface area (Å²) in [6.07, 6.45) is 5.33. The Morgan fingerprint density at radius 2 is 2.21 bits per heavy atom. The highest BCUT2D eigenvalue weighted by Gasteiger charge is 2.36. The summed E-state index contributed by atoms with van der Waals surface area (Å²) in [5, 5.41) is 1.25. The number of ether oxygens (including phenoxy) is 1. The molecule has 1 aliphatic heterocycles. The highest BCUT2D eigenvalue weighted by atomic mass is 35.6. The number of nitrogens with one attached hydrogen (secondary N) is 1. The van der Waals surface area contributed by atoms with Gasteiger partial charge in [0.1, 0.15) is 6.61 Å². The molecule has 0 spiro atoms. The number of H-pyrrole nitrogens is 1. The number of benzene rings is 1. The van der Waals surface area contributed by atoms with E-state index in [1.165, 1.54) is 22.1 Å². The lowest BCUT2D eigenvalue weighted by molar-refractivity contribution is 0.0949. The minimum atomic E-state index is -1.60. The molecule has 0 unspecified atom stereocenters. The smallest absolute Gasteiger partial charge is 0.410 e. The number of rotatable bonds is 1. The van der Waals surface area contributed by atoms with Gasteiger partial charge in [-0.15, -0.1) is 0 Å². The van der Waals surface area contributed by atoms with Crippen molar-refractivity contribution >= 4 is 57.4 Å². The summed E-state index contributed by atoms with van der Waals surface area (Å²) in [6, 6.07) is 6.16. The number of hydrogen-bond donors (Lipinski definition) is 1. The van der Waals surface area contributed by atoms with E-state index in [0.29, 0.717) is 6.54 Å². The van der Waals surface area contributed by atoms with Crippen molar-refractivity contribution in [3.8, 4) is 0 Å². The first-order chi connectivity index (χ1) is 11.4. The molecule has 2 heterocycles. The Labute approximate surface area is 154 Å². The molecule has 1 aromatic carbocycles. The zero-order valence-corrected chi connectivity index (χ0v) is 15.0. The number of fused-ring (bicyclic) bond motifs is 2. The Morgan fingerprint density at radius 3 is 3.00 bits per heavy atom. The number of carbonyl (C=O) groups excluding carboxylic acids is 1. The molecule has 1 amide bonds. The fraction of sp³-hybridized carbons (Fsp3) is 0.353. The summed E-state index contributed by atoms with van der Waals surface area (Å²) in [5.74, 6) is 0. The highest BCUT2D eigenvalue weighted by Crippen LogP contribution is 2.40. The monoisotopic (exact) mass is 384 g/mol. The molecule has 7 heteroatoms. The topological polar surface area (TPSA) is 45.3 Å². The molecule has 24 heavy (non-hydrogen) atoms. The van der Waals surface area contributed by atoms with Gasteiger partial charge in [0.2, 0.25) is 3.79 Å². The predicted molar refractivity (Wildman–Crippen MR) is 96.7 cm³/mol. The number of amides is 1. The molecule has 2 aromatic rings. The molecule has 0 saturated carbocycles. The summed E-state index contributed by atoms with van der Waals surface area (Å²) in [5.41, 5.74) is 4.69. The van der Waals surface area contributed by atoms with Crippen molar-refractivity contribution < 1.29 is 9.53 Å².